The second-order valence-electron chi connectivity index (χ2n) is 6.83. The Kier molecular flexibility index (Phi) is 5.55. The number of carbonyl (C=O) groups is 1. The largest absolute Gasteiger partial charge is 0.495 e. The molecular weight excluding hydrogens is 328 g/mol. The van der Waals surface area contributed by atoms with Crippen LogP contribution < -0.4 is 4.74 Å². The summed E-state index contributed by atoms with van der Waals surface area (Å²) in [5.41, 5.74) is 0.331. The highest BCUT2D eigenvalue weighted by Gasteiger charge is 2.34. The second kappa shape index (κ2) is 7.11. The predicted molar refractivity (Wildman–Crippen MR) is 92.7 cm³/mol. The van der Waals surface area contributed by atoms with Crippen LogP contribution in [0.5, 0.6) is 5.75 Å². The number of rotatable bonds is 4. The molecule has 2 atom stereocenters. The van der Waals surface area contributed by atoms with Gasteiger partial charge in [-0.3, -0.25) is 4.79 Å². The lowest BCUT2D eigenvalue weighted by Gasteiger charge is -2.34. The Morgan fingerprint density at radius 2 is 1.79 bits per heavy atom. The Morgan fingerprint density at radius 3 is 2.29 bits per heavy atom. The van der Waals surface area contributed by atoms with E-state index >= 15 is 0 Å². The van der Waals surface area contributed by atoms with Crippen LogP contribution in [0.4, 0.5) is 0 Å². The number of ether oxygens (including phenoxy) is 1. The molecule has 0 radical (unpaired) electrons. The van der Waals surface area contributed by atoms with Crippen molar-refractivity contribution in [3.63, 3.8) is 0 Å². The number of carbonyl (C=O) groups excluding carboxylic acids is 1. The van der Waals surface area contributed by atoms with Gasteiger partial charge in [0, 0.05) is 32.7 Å². The van der Waals surface area contributed by atoms with Gasteiger partial charge in [0.2, 0.25) is 10.0 Å². The minimum atomic E-state index is -3.71. The van der Waals surface area contributed by atoms with E-state index in [0.717, 1.165) is 6.42 Å². The van der Waals surface area contributed by atoms with Gasteiger partial charge in [0.05, 0.1) is 7.11 Å². The van der Waals surface area contributed by atoms with Crippen LogP contribution in [0.15, 0.2) is 23.1 Å². The van der Waals surface area contributed by atoms with E-state index in [2.05, 4.69) is 13.8 Å². The molecule has 0 aromatic heterocycles. The minimum absolute atomic E-state index is 0.0546. The lowest BCUT2D eigenvalue weighted by Crippen LogP contribution is -2.42. The number of amides is 1. The van der Waals surface area contributed by atoms with Crippen molar-refractivity contribution in [3.8, 4) is 5.75 Å². The van der Waals surface area contributed by atoms with Crippen LogP contribution in [-0.2, 0) is 10.0 Å². The lowest BCUT2D eigenvalue weighted by molar-refractivity contribution is 0.0827. The fourth-order valence-electron chi connectivity index (χ4n) is 3.21. The van der Waals surface area contributed by atoms with Gasteiger partial charge < -0.3 is 9.64 Å². The maximum absolute atomic E-state index is 13.1. The predicted octanol–water partition coefficient (Wildman–Crippen LogP) is 2.06. The molecule has 2 rings (SSSR count). The standard InChI is InChI=1S/C17H26N2O4S/c1-12-8-13(2)11-19(10-12)24(21,22)16-9-14(17(20)18(3)4)6-7-15(16)23-5/h6-7,9,12-13H,8,10-11H2,1-5H3/t12-,13-/m0/s1. The van der Waals surface area contributed by atoms with Gasteiger partial charge in [-0.2, -0.15) is 4.31 Å². The van der Waals surface area contributed by atoms with Gasteiger partial charge in [-0.05, 0) is 36.5 Å². The van der Waals surface area contributed by atoms with Gasteiger partial charge in [-0.1, -0.05) is 13.8 Å². The molecule has 0 aliphatic carbocycles. The summed E-state index contributed by atoms with van der Waals surface area (Å²) in [5, 5.41) is 0. The minimum Gasteiger partial charge on any atom is -0.495 e. The zero-order valence-corrected chi connectivity index (χ0v) is 15.8. The summed E-state index contributed by atoms with van der Waals surface area (Å²) in [7, 11) is 0.986. The number of hydrogen-bond donors (Lipinski definition) is 0. The first-order chi connectivity index (χ1) is 11.2. The molecule has 0 spiro atoms. The zero-order valence-electron chi connectivity index (χ0n) is 14.9. The fourth-order valence-corrected chi connectivity index (χ4v) is 5.07. The normalized spacial score (nSPS) is 22.2. The van der Waals surface area contributed by atoms with Gasteiger partial charge in [-0.15, -0.1) is 0 Å². The van der Waals surface area contributed by atoms with E-state index in [9.17, 15) is 13.2 Å². The molecule has 1 aromatic rings. The Morgan fingerprint density at radius 1 is 1.21 bits per heavy atom. The molecule has 1 saturated heterocycles. The lowest BCUT2D eigenvalue weighted by atomic mass is 9.94. The Labute approximate surface area is 144 Å². The maximum atomic E-state index is 13.1. The van der Waals surface area contributed by atoms with Gasteiger partial charge >= 0.3 is 0 Å². The van der Waals surface area contributed by atoms with Crippen LogP contribution in [0.3, 0.4) is 0 Å². The number of sulfonamides is 1. The molecule has 1 aliphatic rings. The highest BCUT2D eigenvalue weighted by molar-refractivity contribution is 7.89. The van der Waals surface area contributed by atoms with Crippen molar-refractivity contribution in [3.05, 3.63) is 23.8 Å². The molecule has 134 valence electrons. The van der Waals surface area contributed by atoms with E-state index in [0.29, 0.717) is 30.5 Å². The van der Waals surface area contributed by atoms with Crippen molar-refractivity contribution in [1.82, 2.24) is 9.21 Å². The van der Waals surface area contributed by atoms with Crippen LogP contribution in [0.1, 0.15) is 30.6 Å². The van der Waals surface area contributed by atoms with Crippen molar-refractivity contribution >= 4 is 15.9 Å². The van der Waals surface area contributed by atoms with E-state index in [-0.39, 0.29) is 16.6 Å². The summed E-state index contributed by atoms with van der Waals surface area (Å²) < 4.78 is 33.0. The molecule has 0 saturated carbocycles. The third-order valence-corrected chi connectivity index (χ3v) is 6.12. The average molecular weight is 354 g/mol. The number of benzene rings is 1. The number of hydrogen-bond acceptors (Lipinski definition) is 4. The van der Waals surface area contributed by atoms with Crippen LogP contribution in [0.2, 0.25) is 0 Å². The van der Waals surface area contributed by atoms with Crippen molar-refractivity contribution in [2.45, 2.75) is 25.2 Å². The SMILES string of the molecule is COc1ccc(C(=O)N(C)C)cc1S(=O)(=O)N1C[C@@H](C)C[C@H](C)C1. The highest BCUT2D eigenvalue weighted by Crippen LogP contribution is 2.32. The number of methoxy groups -OCH3 is 1. The summed E-state index contributed by atoms with van der Waals surface area (Å²) >= 11 is 0. The first-order valence-corrected chi connectivity index (χ1v) is 9.50. The van der Waals surface area contributed by atoms with Gasteiger partial charge in [0.25, 0.3) is 5.91 Å². The summed E-state index contributed by atoms with van der Waals surface area (Å²) in [6.45, 7) is 5.09. The van der Waals surface area contributed by atoms with Crippen LogP contribution >= 0.6 is 0 Å². The third-order valence-electron chi connectivity index (χ3n) is 4.27. The van der Waals surface area contributed by atoms with Crippen molar-refractivity contribution in [1.29, 1.82) is 0 Å². The molecule has 1 amide bonds. The van der Waals surface area contributed by atoms with Gasteiger partial charge in [0.15, 0.2) is 0 Å². The quantitative estimate of drug-likeness (QED) is 0.830. The third kappa shape index (κ3) is 3.72. The maximum Gasteiger partial charge on any atom is 0.253 e. The molecule has 1 heterocycles. The molecule has 0 N–H and O–H groups in total. The Balaban J connectivity index is 2.48. The molecule has 1 aliphatic heterocycles. The number of piperidine rings is 1. The topological polar surface area (TPSA) is 66.9 Å². The van der Waals surface area contributed by atoms with Crippen LogP contribution in [-0.4, -0.2) is 57.8 Å². The van der Waals surface area contributed by atoms with Gasteiger partial charge in [-0.25, -0.2) is 8.42 Å². The molecule has 0 bridgehead atoms. The molecule has 1 fully saturated rings. The molecule has 6 nitrogen and oxygen atoms in total. The smallest absolute Gasteiger partial charge is 0.253 e. The summed E-state index contributed by atoms with van der Waals surface area (Å²) in [4.78, 5) is 13.7. The molecule has 7 heteroatoms. The molecule has 0 unspecified atom stereocenters. The summed E-state index contributed by atoms with van der Waals surface area (Å²) in [5.74, 6) is 0.632. The monoisotopic (exact) mass is 354 g/mol. The van der Waals surface area contributed by atoms with Crippen molar-refractivity contribution in [2.75, 3.05) is 34.3 Å². The van der Waals surface area contributed by atoms with E-state index in [1.807, 2.05) is 0 Å². The first-order valence-electron chi connectivity index (χ1n) is 8.06. The van der Waals surface area contributed by atoms with Crippen molar-refractivity contribution < 1.29 is 17.9 Å². The highest BCUT2D eigenvalue weighted by atomic mass is 32.2. The van der Waals surface area contributed by atoms with Gasteiger partial charge in [0.1, 0.15) is 10.6 Å². The van der Waals surface area contributed by atoms with E-state index in [1.54, 1.807) is 26.2 Å². The number of nitrogens with zero attached hydrogens (tertiary/aromatic N) is 2. The van der Waals surface area contributed by atoms with E-state index < -0.39 is 10.0 Å². The first kappa shape index (κ1) is 18.7. The molecule has 24 heavy (non-hydrogen) atoms. The van der Waals surface area contributed by atoms with E-state index in [4.69, 9.17) is 4.74 Å². The second-order valence-corrected chi connectivity index (χ2v) is 8.74. The van der Waals surface area contributed by atoms with E-state index in [1.165, 1.54) is 22.4 Å². The Hall–Kier alpha value is -1.60. The van der Waals surface area contributed by atoms with Crippen LogP contribution in [0, 0.1) is 11.8 Å². The van der Waals surface area contributed by atoms with Crippen molar-refractivity contribution in [2.24, 2.45) is 11.8 Å². The Bertz CT molecular complexity index is 705. The molecule has 1 aromatic carbocycles. The zero-order chi connectivity index (χ0) is 18.1. The molecular formula is C17H26N2O4S. The fraction of sp³-hybridized carbons (Fsp3) is 0.588. The summed E-state index contributed by atoms with van der Waals surface area (Å²) in [6.07, 6.45) is 1.02. The summed E-state index contributed by atoms with van der Waals surface area (Å²) in [6, 6.07) is 4.54. The average Bonchev–Trinajstić information content (AvgIpc) is 2.52. The van der Waals surface area contributed by atoms with Crippen LogP contribution in [0.25, 0.3) is 0 Å².